The molecule has 3 aromatic rings. The topological polar surface area (TPSA) is 74.7 Å². The number of para-hydroxylation sites is 2. The first-order chi connectivity index (χ1) is 13.5. The predicted molar refractivity (Wildman–Crippen MR) is 111 cm³/mol. The van der Waals surface area contributed by atoms with Crippen LogP contribution in [0.25, 0.3) is 10.2 Å². The molecule has 1 unspecified atom stereocenters. The fourth-order valence-corrected chi connectivity index (χ4v) is 4.75. The highest BCUT2D eigenvalue weighted by Crippen LogP contribution is 2.33. The van der Waals surface area contributed by atoms with Gasteiger partial charge in [-0.15, -0.1) is 0 Å². The third-order valence-corrected chi connectivity index (χ3v) is 6.29. The highest BCUT2D eigenvalue weighted by Gasteiger charge is 2.37. The van der Waals surface area contributed by atoms with Crippen molar-refractivity contribution in [2.45, 2.75) is 11.7 Å². The lowest BCUT2D eigenvalue weighted by molar-refractivity contribution is -0.127. The number of amides is 2. The van der Waals surface area contributed by atoms with E-state index < -0.39 is 17.0 Å². The van der Waals surface area contributed by atoms with E-state index in [2.05, 4.69) is 15.3 Å². The number of amidine groups is 1. The Labute approximate surface area is 168 Å². The van der Waals surface area contributed by atoms with E-state index in [1.165, 1.54) is 40.1 Å². The number of anilines is 1. The number of benzene rings is 2. The molecule has 6 nitrogen and oxygen atoms in total. The van der Waals surface area contributed by atoms with Crippen LogP contribution in [0.1, 0.15) is 6.42 Å². The largest absolute Gasteiger partial charge is 0.324 e. The molecular weight excluding hydrogens is 399 g/mol. The zero-order valence-corrected chi connectivity index (χ0v) is 16.4. The summed E-state index contributed by atoms with van der Waals surface area (Å²) < 4.78 is 14.7. The average Bonchev–Trinajstić information content (AvgIpc) is 3.20. The van der Waals surface area contributed by atoms with Gasteiger partial charge in [0.1, 0.15) is 11.1 Å². The van der Waals surface area contributed by atoms with Gasteiger partial charge in [0.2, 0.25) is 16.9 Å². The van der Waals surface area contributed by atoms with E-state index in [-0.39, 0.29) is 18.0 Å². The highest BCUT2D eigenvalue weighted by molar-refractivity contribution is 8.15. The number of nitrogens with zero attached hydrogens (tertiary/aromatic N) is 3. The lowest BCUT2D eigenvalue weighted by Crippen LogP contribution is -2.30. The van der Waals surface area contributed by atoms with Gasteiger partial charge in [-0.3, -0.25) is 14.5 Å². The third-order valence-electron chi connectivity index (χ3n) is 4.13. The first-order valence-electron chi connectivity index (χ1n) is 8.44. The molecular formula is C19H15FN4O2S2. The first kappa shape index (κ1) is 18.6. The van der Waals surface area contributed by atoms with Crippen LogP contribution < -0.4 is 5.32 Å². The van der Waals surface area contributed by atoms with Crippen molar-refractivity contribution < 1.29 is 14.0 Å². The normalized spacial score (nSPS) is 18.2. The molecule has 0 saturated carbocycles. The van der Waals surface area contributed by atoms with Crippen LogP contribution in [-0.2, 0) is 9.59 Å². The zero-order chi connectivity index (χ0) is 19.7. The van der Waals surface area contributed by atoms with Crippen LogP contribution in [0.5, 0.6) is 0 Å². The molecule has 2 heterocycles. The smallest absolute Gasteiger partial charge is 0.242 e. The van der Waals surface area contributed by atoms with Crippen molar-refractivity contribution in [1.29, 1.82) is 0 Å². The molecule has 2 amide bonds. The quantitative estimate of drug-likeness (QED) is 0.700. The zero-order valence-electron chi connectivity index (χ0n) is 14.8. The summed E-state index contributed by atoms with van der Waals surface area (Å²) in [5.41, 5.74) is 0.948. The number of hydrogen-bond donors (Lipinski definition) is 1. The van der Waals surface area contributed by atoms with Crippen molar-refractivity contribution >= 4 is 61.1 Å². The second-order valence-corrected chi connectivity index (χ2v) is 8.27. The van der Waals surface area contributed by atoms with Crippen LogP contribution in [0.4, 0.5) is 15.2 Å². The minimum absolute atomic E-state index is 0.0684. The van der Waals surface area contributed by atoms with Gasteiger partial charge in [0.15, 0.2) is 5.17 Å². The maximum Gasteiger partial charge on any atom is 0.242 e. The molecule has 9 heteroatoms. The van der Waals surface area contributed by atoms with E-state index >= 15 is 0 Å². The summed E-state index contributed by atoms with van der Waals surface area (Å²) in [6.07, 6.45) is -0.0684. The van der Waals surface area contributed by atoms with Gasteiger partial charge < -0.3 is 5.32 Å². The summed E-state index contributed by atoms with van der Waals surface area (Å²) in [4.78, 5) is 35.1. The molecule has 0 radical (unpaired) electrons. The van der Waals surface area contributed by atoms with E-state index in [1.54, 1.807) is 19.2 Å². The Bertz CT molecular complexity index is 1070. The van der Waals surface area contributed by atoms with Crippen molar-refractivity contribution in [1.82, 2.24) is 9.88 Å². The minimum Gasteiger partial charge on any atom is -0.324 e. The fourth-order valence-electron chi connectivity index (χ4n) is 2.72. The van der Waals surface area contributed by atoms with Crippen LogP contribution in [-0.4, -0.2) is 39.2 Å². The van der Waals surface area contributed by atoms with Crippen molar-refractivity contribution in [2.24, 2.45) is 4.99 Å². The van der Waals surface area contributed by atoms with Crippen LogP contribution in [0, 0.1) is 5.82 Å². The summed E-state index contributed by atoms with van der Waals surface area (Å²) in [5, 5.41) is 2.95. The number of halogens is 1. The molecule has 1 aliphatic heterocycles. The molecule has 0 aliphatic carbocycles. The van der Waals surface area contributed by atoms with E-state index in [0.717, 1.165) is 10.2 Å². The monoisotopic (exact) mass is 414 g/mol. The minimum atomic E-state index is -0.607. The maximum absolute atomic E-state index is 13.7. The molecule has 1 atom stereocenters. The van der Waals surface area contributed by atoms with Gasteiger partial charge in [0.25, 0.3) is 0 Å². The van der Waals surface area contributed by atoms with Crippen molar-refractivity contribution in [3.8, 4) is 0 Å². The number of thioether (sulfide) groups is 1. The number of nitrogens with one attached hydrogen (secondary N) is 1. The number of hydrogen-bond acceptors (Lipinski definition) is 6. The Hall–Kier alpha value is -2.78. The third kappa shape index (κ3) is 3.76. The maximum atomic E-state index is 13.7. The van der Waals surface area contributed by atoms with E-state index in [0.29, 0.717) is 10.3 Å². The van der Waals surface area contributed by atoms with Gasteiger partial charge in [0, 0.05) is 13.5 Å². The van der Waals surface area contributed by atoms with Gasteiger partial charge in [-0.2, -0.15) is 4.99 Å². The van der Waals surface area contributed by atoms with Gasteiger partial charge in [-0.05, 0) is 24.3 Å². The van der Waals surface area contributed by atoms with Gasteiger partial charge in [-0.25, -0.2) is 9.37 Å². The molecule has 142 valence electrons. The van der Waals surface area contributed by atoms with Crippen LogP contribution in [0.2, 0.25) is 0 Å². The summed E-state index contributed by atoms with van der Waals surface area (Å²) in [7, 11) is 1.62. The van der Waals surface area contributed by atoms with Crippen molar-refractivity contribution in [3.05, 3.63) is 54.3 Å². The van der Waals surface area contributed by atoms with E-state index in [9.17, 15) is 14.0 Å². The molecule has 1 fully saturated rings. The lowest BCUT2D eigenvalue weighted by Gasteiger charge is -2.09. The molecule has 0 bridgehead atoms. The summed E-state index contributed by atoms with van der Waals surface area (Å²) in [6, 6.07) is 13.6. The average molecular weight is 414 g/mol. The summed E-state index contributed by atoms with van der Waals surface area (Å²) in [5.74, 6) is -1.16. The molecule has 0 spiro atoms. The Kier molecular flexibility index (Phi) is 5.10. The second kappa shape index (κ2) is 7.69. The van der Waals surface area contributed by atoms with Crippen LogP contribution >= 0.6 is 23.1 Å². The standard InChI is InChI=1S/C19H15FN4O2S2/c1-24-17(26)15(10-16(25)21-12-7-3-2-6-11(12)20)28-19(24)23-18-22-13-8-4-5-9-14(13)27-18/h2-9,15H,10H2,1H3,(H,21,25)/b23-19+. The molecule has 1 aliphatic rings. The molecule has 2 aromatic carbocycles. The Morgan fingerprint density at radius 3 is 2.79 bits per heavy atom. The highest BCUT2D eigenvalue weighted by atomic mass is 32.2. The summed E-state index contributed by atoms with van der Waals surface area (Å²) in [6.45, 7) is 0. The molecule has 1 saturated heterocycles. The van der Waals surface area contributed by atoms with Gasteiger partial charge >= 0.3 is 0 Å². The number of fused-ring (bicyclic) bond motifs is 1. The summed E-state index contributed by atoms with van der Waals surface area (Å²) >= 11 is 2.65. The van der Waals surface area contributed by atoms with E-state index in [4.69, 9.17) is 0 Å². The Balaban J connectivity index is 1.47. The fraction of sp³-hybridized carbons (Fsp3) is 0.158. The number of carbonyl (C=O) groups excluding carboxylic acids is 2. The number of carbonyl (C=O) groups is 2. The van der Waals surface area contributed by atoms with Crippen LogP contribution in [0.15, 0.2) is 53.5 Å². The number of aromatic nitrogens is 1. The molecule has 4 rings (SSSR count). The number of aliphatic imine (C=N–C) groups is 1. The van der Waals surface area contributed by atoms with Gasteiger partial charge in [0.05, 0.1) is 15.9 Å². The first-order valence-corrected chi connectivity index (χ1v) is 10.1. The van der Waals surface area contributed by atoms with Gasteiger partial charge in [-0.1, -0.05) is 47.4 Å². The Morgan fingerprint density at radius 2 is 2.00 bits per heavy atom. The number of rotatable bonds is 4. The van der Waals surface area contributed by atoms with E-state index in [1.807, 2.05) is 24.3 Å². The Morgan fingerprint density at radius 1 is 1.25 bits per heavy atom. The van der Waals surface area contributed by atoms with Crippen molar-refractivity contribution in [2.75, 3.05) is 12.4 Å². The molecule has 28 heavy (non-hydrogen) atoms. The molecule has 1 N–H and O–H groups in total. The molecule has 1 aromatic heterocycles. The van der Waals surface area contributed by atoms with Crippen molar-refractivity contribution in [3.63, 3.8) is 0 Å². The predicted octanol–water partition coefficient (Wildman–Crippen LogP) is 4.03. The number of thiazole rings is 1. The van der Waals surface area contributed by atoms with Crippen LogP contribution in [0.3, 0.4) is 0 Å². The lowest BCUT2D eigenvalue weighted by atomic mass is 10.2. The SMILES string of the molecule is CN1C(=O)C(CC(=O)Nc2ccccc2F)S/C1=N/c1nc2ccccc2s1. The second-order valence-electron chi connectivity index (χ2n) is 6.09.